The summed E-state index contributed by atoms with van der Waals surface area (Å²) >= 11 is 0. The molecule has 2 rings (SSSR count). The van der Waals surface area contributed by atoms with Crippen LogP contribution in [0.15, 0.2) is 72.8 Å². The predicted octanol–water partition coefficient (Wildman–Crippen LogP) is 3.89. The summed E-state index contributed by atoms with van der Waals surface area (Å²) in [4.78, 5) is 0. The molecule has 3 heteroatoms. The molecule has 1 atom stereocenters. The molecule has 0 amide bonds. The predicted molar refractivity (Wildman–Crippen MR) is 109 cm³/mol. The zero-order valence-corrected chi connectivity index (χ0v) is 16.4. The Morgan fingerprint density at radius 3 is 2.00 bits per heavy atom. The summed E-state index contributed by atoms with van der Waals surface area (Å²) in [5.41, 5.74) is 0. The van der Waals surface area contributed by atoms with Crippen LogP contribution in [0.2, 0.25) is 6.04 Å². The van der Waals surface area contributed by atoms with Crippen LogP contribution in [0.3, 0.4) is 0 Å². The molecule has 25 heavy (non-hydrogen) atoms. The maximum Gasteiger partial charge on any atom is 0.256 e. The van der Waals surface area contributed by atoms with E-state index in [4.69, 9.17) is 9.53 Å². The summed E-state index contributed by atoms with van der Waals surface area (Å²) in [5, 5.41) is 11.6. The maximum absolute atomic E-state index is 8.96. The van der Waals surface area contributed by atoms with Gasteiger partial charge in [0.1, 0.15) is 0 Å². The molecule has 0 radical (unpaired) electrons. The van der Waals surface area contributed by atoms with Gasteiger partial charge in [-0.2, -0.15) is 0 Å². The highest BCUT2D eigenvalue weighted by Gasteiger charge is 2.40. The molecule has 0 saturated heterocycles. The summed E-state index contributed by atoms with van der Waals surface area (Å²) in [6, 6.07) is 22.6. The number of unbranched alkanes of at least 4 members (excludes halogenated alkanes) is 1. The summed E-state index contributed by atoms with van der Waals surface area (Å²) in [6.07, 6.45) is 7.07. The SMILES string of the molecule is CCCC[Si](O[C@@H](C)CC=CCO)(c1ccccc1)c1ccccc1. The molecule has 0 aliphatic carbocycles. The van der Waals surface area contributed by atoms with Gasteiger partial charge in [0.05, 0.1) is 6.61 Å². The maximum atomic E-state index is 8.96. The van der Waals surface area contributed by atoms with E-state index >= 15 is 0 Å². The smallest absolute Gasteiger partial charge is 0.256 e. The molecule has 0 spiro atoms. The lowest BCUT2D eigenvalue weighted by Crippen LogP contribution is -2.62. The third-order valence-electron chi connectivity index (χ3n) is 4.51. The number of hydrogen-bond donors (Lipinski definition) is 1. The van der Waals surface area contributed by atoms with E-state index in [9.17, 15) is 0 Å². The molecular formula is C22H30O2Si. The monoisotopic (exact) mass is 354 g/mol. The number of aliphatic hydroxyl groups excluding tert-OH is 1. The minimum Gasteiger partial charge on any atom is -0.405 e. The number of rotatable bonds is 10. The Morgan fingerprint density at radius 2 is 1.52 bits per heavy atom. The van der Waals surface area contributed by atoms with Crippen LogP contribution >= 0.6 is 0 Å². The number of aliphatic hydroxyl groups is 1. The van der Waals surface area contributed by atoms with E-state index in [0.29, 0.717) is 0 Å². The summed E-state index contributed by atoms with van der Waals surface area (Å²) in [6.45, 7) is 4.46. The second-order valence-electron chi connectivity index (χ2n) is 6.48. The van der Waals surface area contributed by atoms with Gasteiger partial charge in [-0.05, 0) is 29.8 Å². The standard InChI is InChI=1S/C22H30O2Si/c1-3-4-19-25(21-14-7-5-8-15-21,22-16-9-6-10-17-22)24-20(2)13-11-12-18-23/h5-12,14-17,20,23H,3-4,13,18-19H2,1-2H3/t20-/m0/s1. The van der Waals surface area contributed by atoms with Gasteiger partial charge >= 0.3 is 0 Å². The third kappa shape index (κ3) is 5.40. The molecule has 0 aliphatic rings. The Morgan fingerprint density at radius 1 is 0.960 bits per heavy atom. The van der Waals surface area contributed by atoms with Crippen LogP contribution < -0.4 is 10.4 Å². The molecule has 0 aromatic heterocycles. The lowest BCUT2D eigenvalue weighted by atomic mass is 10.3. The highest BCUT2D eigenvalue weighted by molar-refractivity contribution is 6.97. The Balaban J connectivity index is 2.42. The highest BCUT2D eigenvalue weighted by Crippen LogP contribution is 2.20. The fourth-order valence-corrected chi connectivity index (χ4v) is 7.64. The lowest BCUT2D eigenvalue weighted by Gasteiger charge is -2.35. The topological polar surface area (TPSA) is 29.5 Å². The van der Waals surface area contributed by atoms with Crippen LogP contribution in [0.5, 0.6) is 0 Å². The fourth-order valence-electron chi connectivity index (χ4n) is 3.24. The number of hydrogen-bond acceptors (Lipinski definition) is 2. The Kier molecular flexibility index (Phi) is 8.12. The van der Waals surface area contributed by atoms with Crippen molar-refractivity contribution in [2.75, 3.05) is 6.61 Å². The molecule has 2 aromatic carbocycles. The zero-order valence-electron chi connectivity index (χ0n) is 15.4. The molecule has 0 bridgehead atoms. The second-order valence-corrected chi connectivity index (χ2v) is 10.0. The van der Waals surface area contributed by atoms with Gasteiger partial charge < -0.3 is 9.53 Å². The van der Waals surface area contributed by atoms with Crippen molar-refractivity contribution >= 4 is 18.7 Å². The first-order valence-electron chi connectivity index (χ1n) is 9.27. The van der Waals surface area contributed by atoms with Crippen LogP contribution in [0, 0.1) is 0 Å². The average Bonchev–Trinajstić information content (AvgIpc) is 2.67. The second kappa shape index (κ2) is 10.3. The van der Waals surface area contributed by atoms with Gasteiger partial charge in [0.25, 0.3) is 8.32 Å². The largest absolute Gasteiger partial charge is 0.405 e. The molecule has 2 nitrogen and oxygen atoms in total. The molecule has 134 valence electrons. The fraction of sp³-hybridized carbons (Fsp3) is 0.364. The van der Waals surface area contributed by atoms with Crippen molar-refractivity contribution in [2.45, 2.75) is 45.3 Å². The van der Waals surface area contributed by atoms with Gasteiger partial charge in [-0.25, -0.2) is 0 Å². The van der Waals surface area contributed by atoms with Gasteiger partial charge in [0, 0.05) is 6.10 Å². The zero-order chi connectivity index (χ0) is 18.0. The Labute approximate surface area is 153 Å². The highest BCUT2D eigenvalue weighted by atomic mass is 28.4. The van der Waals surface area contributed by atoms with Crippen molar-refractivity contribution in [3.05, 3.63) is 72.8 Å². The van der Waals surface area contributed by atoms with E-state index in [1.165, 1.54) is 10.4 Å². The molecule has 1 N–H and O–H groups in total. The molecule has 2 aromatic rings. The first-order valence-corrected chi connectivity index (χ1v) is 11.4. The van der Waals surface area contributed by atoms with E-state index in [1.807, 2.05) is 6.08 Å². The van der Waals surface area contributed by atoms with E-state index in [0.717, 1.165) is 25.3 Å². The first-order chi connectivity index (χ1) is 12.2. The molecule has 0 aliphatic heterocycles. The Bertz CT molecular complexity index is 585. The third-order valence-corrected chi connectivity index (χ3v) is 8.90. The molecule has 0 saturated carbocycles. The van der Waals surface area contributed by atoms with Gasteiger partial charge in [-0.15, -0.1) is 0 Å². The van der Waals surface area contributed by atoms with Gasteiger partial charge in [-0.3, -0.25) is 0 Å². The van der Waals surface area contributed by atoms with Crippen LogP contribution in [-0.2, 0) is 4.43 Å². The number of benzene rings is 2. The van der Waals surface area contributed by atoms with Crippen molar-refractivity contribution < 1.29 is 9.53 Å². The normalized spacial score (nSPS) is 13.2. The van der Waals surface area contributed by atoms with Gasteiger partial charge in [0.15, 0.2) is 0 Å². The summed E-state index contributed by atoms with van der Waals surface area (Å²) in [7, 11) is -2.29. The minimum absolute atomic E-state index is 0.0858. The van der Waals surface area contributed by atoms with Crippen molar-refractivity contribution in [3.8, 4) is 0 Å². The molecule has 0 fully saturated rings. The average molecular weight is 355 g/mol. The van der Waals surface area contributed by atoms with Gasteiger partial charge in [0.2, 0.25) is 0 Å². The van der Waals surface area contributed by atoms with Crippen molar-refractivity contribution in [1.82, 2.24) is 0 Å². The van der Waals surface area contributed by atoms with Gasteiger partial charge in [-0.1, -0.05) is 92.6 Å². The van der Waals surface area contributed by atoms with Crippen molar-refractivity contribution in [2.24, 2.45) is 0 Å². The van der Waals surface area contributed by atoms with Crippen LogP contribution in [0.1, 0.15) is 33.1 Å². The quantitative estimate of drug-likeness (QED) is 0.518. The van der Waals surface area contributed by atoms with Crippen molar-refractivity contribution in [3.63, 3.8) is 0 Å². The Hall–Kier alpha value is -1.68. The molecule has 0 unspecified atom stereocenters. The summed E-state index contributed by atoms with van der Waals surface area (Å²) < 4.78 is 6.86. The first kappa shape index (κ1) is 19.6. The van der Waals surface area contributed by atoms with E-state index < -0.39 is 8.32 Å². The molecule has 0 heterocycles. The van der Waals surface area contributed by atoms with Crippen LogP contribution in [0.25, 0.3) is 0 Å². The van der Waals surface area contributed by atoms with E-state index in [2.05, 4.69) is 74.5 Å². The summed E-state index contributed by atoms with van der Waals surface area (Å²) in [5.74, 6) is 0. The molecular weight excluding hydrogens is 324 g/mol. The lowest BCUT2D eigenvalue weighted by molar-refractivity contribution is 0.220. The minimum atomic E-state index is -2.29. The van der Waals surface area contributed by atoms with E-state index in [1.54, 1.807) is 6.08 Å². The van der Waals surface area contributed by atoms with Crippen molar-refractivity contribution in [1.29, 1.82) is 0 Å². The van der Waals surface area contributed by atoms with Crippen LogP contribution in [0.4, 0.5) is 0 Å². The van der Waals surface area contributed by atoms with Crippen LogP contribution in [-0.4, -0.2) is 26.1 Å². The van der Waals surface area contributed by atoms with E-state index in [-0.39, 0.29) is 12.7 Å².